The Morgan fingerprint density at radius 3 is 2.29 bits per heavy atom. The van der Waals surface area contributed by atoms with Crippen molar-refractivity contribution in [3.05, 3.63) is 57.9 Å². The normalized spacial score (nSPS) is 12.8. The lowest BCUT2D eigenvalue weighted by molar-refractivity contribution is 0.0522. The van der Waals surface area contributed by atoms with Gasteiger partial charge in [-0.05, 0) is 13.8 Å². The van der Waals surface area contributed by atoms with Gasteiger partial charge in [0.25, 0.3) is 0 Å². The summed E-state index contributed by atoms with van der Waals surface area (Å²) in [5.41, 5.74) is 1.52. The fourth-order valence-electron chi connectivity index (χ4n) is 3.18. The van der Waals surface area contributed by atoms with E-state index in [4.69, 9.17) is 16.3 Å². The van der Waals surface area contributed by atoms with Crippen LogP contribution >= 0.6 is 11.6 Å². The maximum atomic E-state index is 13.0. The van der Waals surface area contributed by atoms with E-state index in [1.165, 1.54) is 0 Å². The van der Waals surface area contributed by atoms with Gasteiger partial charge in [-0.1, -0.05) is 24.3 Å². The maximum absolute atomic E-state index is 13.0. The first-order chi connectivity index (χ1) is 11.6. The number of alkyl halides is 1. The van der Waals surface area contributed by atoms with Crippen molar-refractivity contribution in [2.24, 2.45) is 0 Å². The number of hydrogen-bond acceptors (Lipinski definition) is 4. The molecule has 5 nitrogen and oxygen atoms in total. The second-order valence-corrected chi connectivity index (χ2v) is 5.61. The third-order valence-corrected chi connectivity index (χ3v) is 4.41. The Morgan fingerprint density at radius 2 is 1.75 bits per heavy atom. The van der Waals surface area contributed by atoms with Crippen LogP contribution in [0.25, 0.3) is 0 Å². The average Bonchev–Trinajstić information content (AvgIpc) is 2.94. The van der Waals surface area contributed by atoms with Crippen molar-refractivity contribution in [1.82, 2.24) is 4.57 Å². The number of benzene rings is 1. The molecule has 0 spiro atoms. The second-order valence-electron chi connectivity index (χ2n) is 5.35. The minimum atomic E-state index is -0.628. The van der Waals surface area contributed by atoms with Gasteiger partial charge in [-0.15, -0.1) is 11.6 Å². The summed E-state index contributed by atoms with van der Waals surface area (Å²) in [4.78, 5) is 38.3. The van der Waals surface area contributed by atoms with E-state index in [1.54, 1.807) is 35.8 Å². The molecule has 2 aromatic rings. The van der Waals surface area contributed by atoms with Crippen molar-refractivity contribution < 1.29 is 19.1 Å². The highest BCUT2D eigenvalue weighted by Gasteiger charge is 2.39. The number of hydrogen-bond donors (Lipinski definition) is 0. The largest absolute Gasteiger partial charge is 0.462 e. The van der Waals surface area contributed by atoms with Crippen molar-refractivity contribution >= 4 is 29.1 Å². The molecule has 0 unspecified atom stereocenters. The lowest BCUT2D eigenvalue weighted by Crippen LogP contribution is -2.24. The maximum Gasteiger partial charge on any atom is 0.340 e. The van der Waals surface area contributed by atoms with E-state index in [9.17, 15) is 14.4 Å². The van der Waals surface area contributed by atoms with Crippen molar-refractivity contribution in [2.45, 2.75) is 26.3 Å². The molecule has 24 heavy (non-hydrogen) atoms. The number of esters is 1. The van der Waals surface area contributed by atoms with E-state index in [0.29, 0.717) is 23.4 Å². The van der Waals surface area contributed by atoms with Gasteiger partial charge >= 0.3 is 5.97 Å². The summed E-state index contributed by atoms with van der Waals surface area (Å²) in [5.74, 6) is -1.24. The van der Waals surface area contributed by atoms with Crippen molar-refractivity contribution in [1.29, 1.82) is 0 Å². The predicted octanol–water partition coefficient (Wildman–Crippen LogP) is 3.20. The predicted molar refractivity (Wildman–Crippen MR) is 88.9 cm³/mol. The highest BCUT2D eigenvalue weighted by atomic mass is 35.5. The van der Waals surface area contributed by atoms with Gasteiger partial charge in [0.2, 0.25) is 5.78 Å². The van der Waals surface area contributed by atoms with E-state index >= 15 is 0 Å². The third kappa shape index (κ3) is 2.19. The Kier molecular flexibility index (Phi) is 4.28. The van der Waals surface area contributed by atoms with Crippen LogP contribution in [0.4, 0.5) is 0 Å². The van der Waals surface area contributed by atoms with Crippen LogP contribution in [0.5, 0.6) is 0 Å². The van der Waals surface area contributed by atoms with Crippen LogP contribution in [0.15, 0.2) is 24.3 Å². The molecule has 1 aromatic heterocycles. The van der Waals surface area contributed by atoms with E-state index in [0.717, 1.165) is 0 Å². The average molecular weight is 346 g/mol. The first-order valence-electron chi connectivity index (χ1n) is 7.73. The number of carbonyl (C=O) groups is 3. The van der Waals surface area contributed by atoms with Crippen LogP contribution in [0, 0.1) is 0 Å². The molecule has 1 aliphatic rings. The number of nitrogens with zero attached hydrogens (tertiary/aromatic N) is 1. The lowest BCUT2D eigenvalue weighted by Gasteiger charge is -2.17. The molecule has 0 amide bonds. The Labute approximate surface area is 144 Å². The first kappa shape index (κ1) is 16.5. The Morgan fingerprint density at radius 1 is 1.12 bits per heavy atom. The van der Waals surface area contributed by atoms with Gasteiger partial charge in [0.1, 0.15) is 5.69 Å². The molecule has 0 radical (unpaired) electrons. The fraction of sp³-hybridized carbons (Fsp3) is 0.278. The van der Waals surface area contributed by atoms with E-state index in [2.05, 4.69) is 0 Å². The zero-order chi connectivity index (χ0) is 17.4. The summed E-state index contributed by atoms with van der Waals surface area (Å²) in [7, 11) is 0. The standard InChI is InChI=1S/C18H16ClNO4/c1-3-20-12(9-19)13(18(23)24-4-2)14-15(20)17(22)11-8-6-5-7-10(11)16(14)21/h5-8H,3-4,9H2,1-2H3. The molecule has 6 heteroatoms. The molecule has 0 bridgehead atoms. The minimum absolute atomic E-state index is 0.00585. The molecular weight excluding hydrogens is 330 g/mol. The van der Waals surface area contributed by atoms with Crippen LogP contribution < -0.4 is 0 Å². The third-order valence-electron chi connectivity index (χ3n) is 4.15. The summed E-state index contributed by atoms with van der Waals surface area (Å²) in [6.07, 6.45) is 0. The molecule has 0 saturated heterocycles. The minimum Gasteiger partial charge on any atom is -0.462 e. The van der Waals surface area contributed by atoms with E-state index < -0.39 is 5.97 Å². The highest BCUT2D eigenvalue weighted by molar-refractivity contribution is 6.31. The number of ether oxygens (including phenoxy) is 1. The number of carbonyl (C=O) groups excluding carboxylic acids is 3. The van der Waals surface area contributed by atoms with Crippen LogP contribution in [0.3, 0.4) is 0 Å². The number of rotatable bonds is 4. The molecule has 124 valence electrons. The summed E-state index contributed by atoms with van der Waals surface area (Å²) in [5, 5.41) is 0. The molecule has 3 rings (SSSR count). The van der Waals surface area contributed by atoms with Gasteiger partial charge in [0.05, 0.1) is 23.6 Å². The number of ketones is 2. The molecule has 0 fully saturated rings. The molecule has 0 saturated carbocycles. The van der Waals surface area contributed by atoms with Gasteiger partial charge in [0.15, 0.2) is 5.78 Å². The summed E-state index contributed by atoms with van der Waals surface area (Å²) in [6, 6.07) is 6.62. The molecule has 1 aliphatic carbocycles. The molecule has 1 heterocycles. The quantitative estimate of drug-likeness (QED) is 0.538. The fourth-order valence-corrected chi connectivity index (χ4v) is 3.46. The molecule has 1 aromatic carbocycles. The summed E-state index contributed by atoms with van der Waals surface area (Å²) >= 11 is 6.04. The van der Waals surface area contributed by atoms with Crippen molar-refractivity contribution in [3.63, 3.8) is 0 Å². The van der Waals surface area contributed by atoms with Crippen LogP contribution in [0.2, 0.25) is 0 Å². The smallest absolute Gasteiger partial charge is 0.340 e. The molecule has 0 atom stereocenters. The summed E-state index contributed by atoms with van der Waals surface area (Å²) < 4.78 is 6.74. The topological polar surface area (TPSA) is 65.4 Å². The molecular formula is C18H16ClNO4. The molecule has 0 N–H and O–H groups in total. The highest BCUT2D eigenvalue weighted by Crippen LogP contribution is 2.34. The zero-order valence-corrected chi connectivity index (χ0v) is 14.1. The number of fused-ring (bicyclic) bond motifs is 2. The van der Waals surface area contributed by atoms with Gasteiger partial charge in [-0.3, -0.25) is 9.59 Å². The first-order valence-corrected chi connectivity index (χ1v) is 8.27. The Hall–Kier alpha value is -2.40. The van der Waals surface area contributed by atoms with Gasteiger partial charge < -0.3 is 9.30 Å². The van der Waals surface area contributed by atoms with E-state index in [1.807, 2.05) is 6.92 Å². The Balaban J connectivity index is 2.36. The van der Waals surface area contributed by atoms with Crippen LogP contribution in [-0.2, 0) is 17.2 Å². The zero-order valence-electron chi connectivity index (χ0n) is 13.4. The second kappa shape index (κ2) is 6.24. The monoisotopic (exact) mass is 345 g/mol. The van der Waals surface area contributed by atoms with Crippen molar-refractivity contribution in [2.75, 3.05) is 6.61 Å². The van der Waals surface area contributed by atoms with Crippen LogP contribution in [-0.4, -0.2) is 28.7 Å². The van der Waals surface area contributed by atoms with Crippen LogP contribution in [0.1, 0.15) is 61.9 Å². The summed E-state index contributed by atoms with van der Waals surface area (Å²) in [6.45, 7) is 4.11. The van der Waals surface area contributed by atoms with Crippen molar-refractivity contribution in [3.8, 4) is 0 Å². The molecule has 0 aliphatic heterocycles. The lowest BCUT2D eigenvalue weighted by atomic mass is 9.86. The number of aromatic nitrogens is 1. The van der Waals surface area contributed by atoms with Gasteiger partial charge in [-0.2, -0.15) is 0 Å². The van der Waals surface area contributed by atoms with Gasteiger partial charge in [-0.25, -0.2) is 4.79 Å². The Bertz CT molecular complexity index is 866. The SMILES string of the molecule is CCOC(=O)c1c2c(n(CC)c1CCl)C(=O)c1ccccc1C2=O. The van der Waals surface area contributed by atoms with E-state index in [-0.39, 0.29) is 40.9 Å². The van der Waals surface area contributed by atoms with Gasteiger partial charge in [0, 0.05) is 23.4 Å². The number of halogens is 1.